The molecule has 0 saturated heterocycles. The van der Waals surface area contributed by atoms with Gasteiger partial charge in [0.05, 0.1) is 6.04 Å². The number of nitrogens with one attached hydrogen (secondary N) is 1. The molecule has 5 nitrogen and oxygen atoms in total. The van der Waals surface area contributed by atoms with Crippen molar-refractivity contribution in [2.45, 2.75) is 46.7 Å². The summed E-state index contributed by atoms with van der Waals surface area (Å²) in [4.78, 5) is 14.9. The summed E-state index contributed by atoms with van der Waals surface area (Å²) < 4.78 is 2.26. The number of carbonyl (C=O) groups is 1. The van der Waals surface area contributed by atoms with Crippen LogP contribution < -0.4 is 5.32 Å². The number of aliphatic hydroxyl groups excluding tert-OH is 1. The molecule has 1 aromatic heterocycles. The molecule has 2 N–H and O–H groups in total. The fourth-order valence-electron chi connectivity index (χ4n) is 4.57. The Kier molecular flexibility index (Phi) is 8.94. The molecule has 3 rings (SSSR count). The second kappa shape index (κ2) is 11.9. The van der Waals surface area contributed by atoms with Crippen molar-refractivity contribution < 1.29 is 9.90 Å². The number of aromatic nitrogens is 1. The molecule has 0 saturated carbocycles. The van der Waals surface area contributed by atoms with Gasteiger partial charge in [0.25, 0.3) is 0 Å². The third kappa shape index (κ3) is 7.09. The summed E-state index contributed by atoms with van der Waals surface area (Å²) >= 11 is 0. The number of allylic oxidation sites excluding steroid dienone is 1. The van der Waals surface area contributed by atoms with E-state index in [4.69, 9.17) is 0 Å². The van der Waals surface area contributed by atoms with Gasteiger partial charge in [0, 0.05) is 37.2 Å². The summed E-state index contributed by atoms with van der Waals surface area (Å²) in [6.07, 6.45) is 2.94. The van der Waals surface area contributed by atoms with Gasteiger partial charge in [0.2, 0.25) is 5.91 Å². The van der Waals surface area contributed by atoms with Crippen molar-refractivity contribution in [1.82, 2.24) is 14.8 Å². The van der Waals surface area contributed by atoms with E-state index in [1.807, 2.05) is 48.2 Å². The first kappa shape index (κ1) is 26.3. The van der Waals surface area contributed by atoms with Crippen molar-refractivity contribution in [2.75, 3.05) is 19.7 Å². The maximum atomic E-state index is 13.1. The number of nitrogens with zero attached hydrogens (tertiary/aromatic N) is 2. The fraction of sp³-hybridized carbons (Fsp3) is 0.367. The number of aliphatic hydroxyl groups is 1. The zero-order chi connectivity index (χ0) is 25.4. The molecular weight excluding hydrogens is 434 g/mol. The average Bonchev–Trinajstić information content (AvgIpc) is 3.23. The fourth-order valence-corrected chi connectivity index (χ4v) is 4.57. The van der Waals surface area contributed by atoms with Crippen LogP contribution in [0.1, 0.15) is 51.4 Å². The molecule has 0 aliphatic heterocycles. The highest BCUT2D eigenvalue weighted by atomic mass is 16.3. The van der Waals surface area contributed by atoms with Crippen LogP contribution in [-0.4, -0.2) is 40.2 Å². The molecular formula is C30H39N3O2. The Balaban J connectivity index is 2.07. The quantitative estimate of drug-likeness (QED) is 0.355. The van der Waals surface area contributed by atoms with Gasteiger partial charge in [0.1, 0.15) is 6.61 Å². The van der Waals surface area contributed by atoms with E-state index < -0.39 is 6.61 Å². The highest BCUT2D eigenvalue weighted by Gasteiger charge is 2.36. The van der Waals surface area contributed by atoms with E-state index in [1.54, 1.807) is 0 Å². The molecule has 5 heteroatoms. The maximum Gasteiger partial charge on any atom is 0.248 e. The van der Waals surface area contributed by atoms with Crippen LogP contribution in [0.4, 0.5) is 0 Å². The third-order valence-electron chi connectivity index (χ3n) is 6.10. The number of hydrogen-bond acceptors (Lipinski definition) is 3. The summed E-state index contributed by atoms with van der Waals surface area (Å²) in [6, 6.07) is 22.7. The summed E-state index contributed by atoms with van der Waals surface area (Å²) in [5, 5.41) is 13.1. The summed E-state index contributed by atoms with van der Waals surface area (Å²) in [5.74, 6) is -0.256. The lowest BCUT2D eigenvalue weighted by Crippen LogP contribution is -2.44. The average molecular weight is 474 g/mol. The van der Waals surface area contributed by atoms with Crippen molar-refractivity contribution in [3.63, 3.8) is 0 Å². The maximum absolute atomic E-state index is 13.1. The second-order valence-corrected chi connectivity index (χ2v) is 10.2. The standard InChI is InChI=1S/C30H39N3O2/c1-23(2)31-17-12-18-33(28(35)22-34)29(30(3,4)5)27-19-26(25-15-10-7-11-16-25)21-32(27)20-24-13-8-6-9-14-24/h6-11,13-16,19,21,29,31,34H,1,12,17-18,20,22H2,2-5H3. The van der Waals surface area contributed by atoms with E-state index in [1.165, 1.54) is 5.56 Å². The topological polar surface area (TPSA) is 57.5 Å². The zero-order valence-corrected chi connectivity index (χ0v) is 21.5. The molecule has 1 unspecified atom stereocenters. The Labute approximate surface area is 210 Å². The molecule has 0 radical (unpaired) electrons. The number of amides is 1. The minimum Gasteiger partial charge on any atom is -0.389 e. The largest absolute Gasteiger partial charge is 0.389 e. The van der Waals surface area contributed by atoms with E-state index in [0.717, 1.165) is 35.5 Å². The lowest BCUT2D eigenvalue weighted by molar-refractivity contribution is -0.139. The molecule has 1 atom stereocenters. The number of carbonyl (C=O) groups excluding carboxylic acids is 1. The Bertz CT molecular complexity index is 1100. The first-order valence-electron chi connectivity index (χ1n) is 12.3. The van der Waals surface area contributed by atoms with Crippen LogP contribution in [0.25, 0.3) is 11.1 Å². The van der Waals surface area contributed by atoms with Crippen LogP contribution in [0, 0.1) is 5.41 Å². The molecule has 1 heterocycles. The van der Waals surface area contributed by atoms with Crippen molar-refractivity contribution in [3.05, 3.63) is 96.5 Å². The number of benzene rings is 2. The van der Waals surface area contributed by atoms with Gasteiger partial charge in [-0.3, -0.25) is 4.79 Å². The van der Waals surface area contributed by atoms with E-state index in [-0.39, 0.29) is 17.4 Å². The van der Waals surface area contributed by atoms with Gasteiger partial charge >= 0.3 is 0 Å². The van der Waals surface area contributed by atoms with Crippen molar-refractivity contribution in [2.24, 2.45) is 5.41 Å². The summed E-state index contributed by atoms with van der Waals surface area (Å²) in [5.41, 5.74) is 5.16. The molecule has 0 spiro atoms. The van der Waals surface area contributed by atoms with Gasteiger partial charge in [-0.2, -0.15) is 0 Å². The summed E-state index contributed by atoms with van der Waals surface area (Å²) in [7, 11) is 0. The monoisotopic (exact) mass is 473 g/mol. The Morgan fingerprint density at radius 2 is 1.69 bits per heavy atom. The minimum absolute atomic E-state index is 0.215. The molecule has 0 aliphatic carbocycles. The first-order chi connectivity index (χ1) is 16.7. The first-order valence-corrected chi connectivity index (χ1v) is 12.3. The zero-order valence-electron chi connectivity index (χ0n) is 21.5. The van der Waals surface area contributed by atoms with E-state index >= 15 is 0 Å². The summed E-state index contributed by atoms with van der Waals surface area (Å²) in [6.45, 7) is 13.7. The van der Waals surface area contributed by atoms with Crippen LogP contribution in [0.15, 0.2) is 85.2 Å². The molecule has 1 amide bonds. The molecule has 0 bridgehead atoms. The lowest BCUT2D eigenvalue weighted by Gasteiger charge is -2.41. The second-order valence-electron chi connectivity index (χ2n) is 10.2. The SMILES string of the molecule is C=C(C)NCCCN(C(=O)CO)C(c1cc(-c2ccccc2)cn1Cc1ccccc1)C(C)(C)C. The predicted octanol–water partition coefficient (Wildman–Crippen LogP) is 5.62. The van der Waals surface area contributed by atoms with Crippen LogP contribution in [0.3, 0.4) is 0 Å². The smallest absolute Gasteiger partial charge is 0.248 e. The van der Waals surface area contributed by atoms with Gasteiger partial charge in [0.15, 0.2) is 0 Å². The molecule has 0 aliphatic rings. The Morgan fingerprint density at radius 3 is 2.26 bits per heavy atom. The van der Waals surface area contributed by atoms with Crippen molar-refractivity contribution >= 4 is 5.91 Å². The van der Waals surface area contributed by atoms with Gasteiger partial charge in [-0.05, 0) is 41.5 Å². The van der Waals surface area contributed by atoms with Crippen LogP contribution in [0.5, 0.6) is 0 Å². The number of hydrogen-bond donors (Lipinski definition) is 2. The highest BCUT2D eigenvalue weighted by molar-refractivity contribution is 5.78. The highest BCUT2D eigenvalue weighted by Crippen LogP contribution is 2.40. The third-order valence-corrected chi connectivity index (χ3v) is 6.10. The van der Waals surface area contributed by atoms with Crippen LogP contribution in [0.2, 0.25) is 0 Å². The van der Waals surface area contributed by atoms with Gasteiger partial charge in [-0.1, -0.05) is 88.0 Å². The van der Waals surface area contributed by atoms with Gasteiger partial charge in [-0.15, -0.1) is 0 Å². The van der Waals surface area contributed by atoms with Crippen molar-refractivity contribution in [1.29, 1.82) is 0 Å². The molecule has 2 aromatic carbocycles. The molecule has 0 fully saturated rings. The van der Waals surface area contributed by atoms with E-state index in [0.29, 0.717) is 13.1 Å². The molecule has 35 heavy (non-hydrogen) atoms. The van der Waals surface area contributed by atoms with Crippen LogP contribution >= 0.6 is 0 Å². The number of rotatable bonds is 11. The minimum atomic E-state index is -0.509. The molecule has 3 aromatic rings. The normalized spacial score (nSPS) is 12.3. The predicted molar refractivity (Wildman–Crippen MR) is 144 cm³/mol. The Morgan fingerprint density at radius 1 is 1.06 bits per heavy atom. The van der Waals surface area contributed by atoms with E-state index in [2.05, 4.69) is 73.8 Å². The van der Waals surface area contributed by atoms with Gasteiger partial charge < -0.3 is 19.9 Å². The molecule has 186 valence electrons. The van der Waals surface area contributed by atoms with E-state index in [9.17, 15) is 9.90 Å². The van der Waals surface area contributed by atoms with Crippen molar-refractivity contribution in [3.8, 4) is 11.1 Å². The lowest BCUT2D eigenvalue weighted by atomic mass is 9.83. The Hall–Kier alpha value is -3.31. The van der Waals surface area contributed by atoms with Crippen LogP contribution in [-0.2, 0) is 11.3 Å². The van der Waals surface area contributed by atoms with Gasteiger partial charge in [-0.25, -0.2) is 0 Å².